The van der Waals surface area contributed by atoms with E-state index in [2.05, 4.69) is 37.1 Å². The Bertz CT molecular complexity index is 1810. The highest BCUT2D eigenvalue weighted by molar-refractivity contribution is 6.39. The van der Waals surface area contributed by atoms with Crippen molar-refractivity contribution < 1.29 is 9.59 Å². The summed E-state index contributed by atoms with van der Waals surface area (Å²) in [6, 6.07) is 8.80. The number of aromatic nitrogens is 4. The molecule has 2 aliphatic carbocycles. The van der Waals surface area contributed by atoms with Gasteiger partial charge in [0.15, 0.2) is 0 Å². The summed E-state index contributed by atoms with van der Waals surface area (Å²) in [5.74, 6) is 1.45. The van der Waals surface area contributed by atoms with Crippen LogP contribution in [-0.4, -0.2) is 50.7 Å². The monoisotopic (exact) mass is 636 g/mol. The summed E-state index contributed by atoms with van der Waals surface area (Å²) in [5, 5.41) is 14.9. The van der Waals surface area contributed by atoms with Gasteiger partial charge in [-0.3, -0.25) is 24.6 Å². The fraction of sp³-hybridized carbons (Fsp3) is 0.419. The number of H-pyrrole nitrogens is 2. The van der Waals surface area contributed by atoms with Gasteiger partial charge in [0.2, 0.25) is 5.95 Å². The molecule has 0 bridgehead atoms. The van der Waals surface area contributed by atoms with Gasteiger partial charge in [-0.1, -0.05) is 48.5 Å². The summed E-state index contributed by atoms with van der Waals surface area (Å²) in [5.41, 5.74) is 3.98. The Hall–Kier alpha value is -3.96. The predicted octanol–water partition coefficient (Wildman–Crippen LogP) is 5.09. The van der Waals surface area contributed by atoms with Gasteiger partial charge in [0.05, 0.1) is 38.0 Å². The number of hydrogen-bond acceptors (Lipinski definition) is 6. The van der Waals surface area contributed by atoms with Gasteiger partial charge in [-0.05, 0) is 54.9 Å². The van der Waals surface area contributed by atoms with E-state index in [1.54, 1.807) is 12.1 Å². The molecule has 2 aromatic carbocycles. The van der Waals surface area contributed by atoms with Crippen molar-refractivity contribution in [2.24, 2.45) is 18.9 Å². The third-order valence-electron chi connectivity index (χ3n) is 9.19. The average molecular weight is 638 g/mol. The SMILES string of the molecule is Cn1c(Nc2c(Cl)ccc(CNC(=O)c3cc(=O)[nH][nH]3)c2Cl)nc2cc(C(=O)NC3CCCCC3)c(N3CC4CC4C3)cc21. The quantitative estimate of drug-likeness (QED) is 0.183. The smallest absolute Gasteiger partial charge is 0.269 e. The van der Waals surface area contributed by atoms with Crippen LogP contribution < -0.4 is 26.4 Å². The lowest BCUT2D eigenvalue weighted by molar-refractivity contribution is 0.0925. The molecule has 5 N–H and O–H groups in total. The van der Waals surface area contributed by atoms with Crippen LogP contribution in [0.25, 0.3) is 11.0 Å². The molecular weight excluding hydrogens is 603 g/mol. The minimum Gasteiger partial charge on any atom is -0.370 e. The molecule has 11 nitrogen and oxygen atoms in total. The van der Waals surface area contributed by atoms with Crippen LogP contribution in [0.2, 0.25) is 10.0 Å². The minimum absolute atomic E-state index is 0.0425. The van der Waals surface area contributed by atoms with Gasteiger partial charge in [-0.25, -0.2) is 4.98 Å². The number of anilines is 3. The van der Waals surface area contributed by atoms with Crippen molar-refractivity contribution in [1.29, 1.82) is 0 Å². The highest BCUT2D eigenvalue weighted by Gasteiger charge is 2.45. The number of rotatable bonds is 8. The molecular formula is C31H34Cl2N8O3. The largest absolute Gasteiger partial charge is 0.370 e. The van der Waals surface area contributed by atoms with E-state index >= 15 is 0 Å². The van der Waals surface area contributed by atoms with E-state index in [9.17, 15) is 14.4 Å². The lowest BCUT2D eigenvalue weighted by atomic mass is 9.95. The van der Waals surface area contributed by atoms with Gasteiger partial charge in [-0.2, -0.15) is 0 Å². The fourth-order valence-electron chi connectivity index (χ4n) is 6.57. The van der Waals surface area contributed by atoms with Gasteiger partial charge >= 0.3 is 0 Å². The molecule has 2 saturated carbocycles. The Kier molecular flexibility index (Phi) is 7.54. The molecule has 4 aromatic rings. The van der Waals surface area contributed by atoms with Crippen LogP contribution in [-0.2, 0) is 13.6 Å². The Morgan fingerprint density at radius 2 is 1.80 bits per heavy atom. The van der Waals surface area contributed by atoms with Crippen molar-refractivity contribution in [3.63, 3.8) is 0 Å². The van der Waals surface area contributed by atoms with E-state index in [1.165, 1.54) is 18.9 Å². The van der Waals surface area contributed by atoms with Gasteiger partial charge in [0, 0.05) is 38.8 Å². The molecule has 2 aromatic heterocycles. The Morgan fingerprint density at radius 1 is 1.02 bits per heavy atom. The van der Waals surface area contributed by atoms with E-state index in [1.807, 2.05) is 17.7 Å². The highest BCUT2D eigenvalue weighted by Crippen LogP contribution is 2.47. The van der Waals surface area contributed by atoms with E-state index in [0.29, 0.717) is 38.3 Å². The van der Waals surface area contributed by atoms with E-state index < -0.39 is 11.5 Å². The number of halogens is 2. The van der Waals surface area contributed by atoms with E-state index in [-0.39, 0.29) is 24.2 Å². The fourth-order valence-corrected chi connectivity index (χ4v) is 7.10. The van der Waals surface area contributed by atoms with Crippen molar-refractivity contribution in [2.45, 2.75) is 51.1 Å². The maximum atomic E-state index is 13.7. The van der Waals surface area contributed by atoms with Crippen molar-refractivity contribution in [3.05, 3.63) is 67.6 Å². The first-order chi connectivity index (χ1) is 21.2. The zero-order valence-electron chi connectivity index (χ0n) is 24.3. The molecule has 3 aliphatic rings. The van der Waals surface area contributed by atoms with Gasteiger partial charge < -0.3 is 25.4 Å². The zero-order chi connectivity index (χ0) is 30.5. The van der Waals surface area contributed by atoms with Crippen LogP contribution in [0, 0.1) is 11.8 Å². The number of hydrogen-bond donors (Lipinski definition) is 5. The molecule has 3 heterocycles. The molecule has 7 rings (SSSR count). The van der Waals surface area contributed by atoms with Crippen molar-refractivity contribution in [3.8, 4) is 0 Å². The third kappa shape index (κ3) is 5.54. The van der Waals surface area contributed by atoms with Gasteiger partial charge in [0.1, 0.15) is 5.69 Å². The maximum Gasteiger partial charge on any atom is 0.269 e. The van der Waals surface area contributed by atoms with Crippen molar-refractivity contribution in [2.75, 3.05) is 23.3 Å². The van der Waals surface area contributed by atoms with Gasteiger partial charge in [0.25, 0.3) is 17.4 Å². The minimum atomic E-state index is -0.450. The number of nitrogens with zero attached hydrogens (tertiary/aromatic N) is 3. The first kappa shape index (κ1) is 28.8. The Balaban J connectivity index is 1.17. The van der Waals surface area contributed by atoms with E-state index in [4.69, 9.17) is 28.2 Å². The van der Waals surface area contributed by atoms with Crippen molar-refractivity contribution in [1.82, 2.24) is 30.4 Å². The maximum absolute atomic E-state index is 13.7. The molecule has 2 atom stereocenters. The molecule has 44 heavy (non-hydrogen) atoms. The number of amides is 2. The number of imidazole rings is 1. The number of nitrogens with one attached hydrogen (secondary N) is 5. The second kappa shape index (κ2) is 11.5. The summed E-state index contributed by atoms with van der Waals surface area (Å²) in [6.07, 6.45) is 6.83. The Labute approximate surface area is 263 Å². The van der Waals surface area contributed by atoms with Crippen LogP contribution in [0.15, 0.2) is 35.1 Å². The summed E-state index contributed by atoms with van der Waals surface area (Å²) >= 11 is 13.4. The molecule has 2 unspecified atom stereocenters. The molecule has 1 saturated heterocycles. The lowest BCUT2D eigenvalue weighted by Gasteiger charge is -2.26. The molecule has 13 heteroatoms. The number of carbonyl (C=O) groups is 2. The second-order valence-corrected chi connectivity index (χ2v) is 13.0. The average Bonchev–Trinajstić information content (AvgIpc) is 3.29. The van der Waals surface area contributed by atoms with Crippen LogP contribution in [0.4, 0.5) is 17.3 Å². The van der Waals surface area contributed by atoms with Crippen LogP contribution >= 0.6 is 23.2 Å². The molecule has 0 radical (unpaired) electrons. The molecule has 1 aliphatic heterocycles. The number of aromatic amines is 2. The Morgan fingerprint density at radius 3 is 2.52 bits per heavy atom. The summed E-state index contributed by atoms with van der Waals surface area (Å²) in [7, 11) is 1.91. The number of carbonyl (C=O) groups excluding carboxylic acids is 2. The van der Waals surface area contributed by atoms with E-state index in [0.717, 1.165) is 61.8 Å². The lowest BCUT2D eigenvalue weighted by Crippen LogP contribution is -2.37. The standard InChI is InChI=1S/C31H34Cl2N8O3/c1-40-25-12-24(41-14-17-9-18(17)15-41)20(29(43)35-19-5-3-2-4-6-19)10-22(25)36-31(40)37-28-21(32)8-7-16(27(28)33)13-34-30(44)23-11-26(42)39-38-23/h7-8,10-12,17-19H,2-6,9,13-15H2,1H3,(H,34,44)(H,35,43)(H,36,37)(H2,38,39,42). The first-order valence-electron chi connectivity index (χ1n) is 15.1. The third-order valence-corrected chi connectivity index (χ3v) is 9.94. The molecule has 3 fully saturated rings. The number of benzene rings is 2. The van der Waals surface area contributed by atoms with Crippen LogP contribution in [0.1, 0.15) is 64.9 Å². The molecule has 2 amide bonds. The first-order valence-corrected chi connectivity index (χ1v) is 15.9. The van der Waals surface area contributed by atoms with Crippen molar-refractivity contribution >= 4 is 63.4 Å². The number of piperidine rings is 1. The number of aryl methyl sites for hydroxylation is 1. The zero-order valence-corrected chi connectivity index (χ0v) is 25.8. The predicted molar refractivity (Wildman–Crippen MR) is 171 cm³/mol. The molecule has 0 spiro atoms. The highest BCUT2D eigenvalue weighted by atomic mass is 35.5. The van der Waals surface area contributed by atoms with Gasteiger partial charge in [-0.15, -0.1) is 0 Å². The summed E-state index contributed by atoms with van der Waals surface area (Å²) < 4.78 is 1.93. The van der Waals surface area contributed by atoms with Crippen LogP contribution in [0.3, 0.4) is 0 Å². The normalized spacial score (nSPS) is 19.7. The van der Waals surface area contributed by atoms with Crippen LogP contribution in [0.5, 0.6) is 0 Å². The second-order valence-electron chi connectivity index (χ2n) is 12.2. The number of fused-ring (bicyclic) bond motifs is 2. The summed E-state index contributed by atoms with van der Waals surface area (Å²) in [4.78, 5) is 44.7. The molecule has 230 valence electrons. The summed E-state index contributed by atoms with van der Waals surface area (Å²) in [6.45, 7) is 2.05. The topological polar surface area (TPSA) is 140 Å².